The summed E-state index contributed by atoms with van der Waals surface area (Å²) in [6.45, 7) is 0. The lowest BCUT2D eigenvalue weighted by atomic mass is 10.2. The van der Waals surface area contributed by atoms with Crippen molar-refractivity contribution < 1.29 is 9.63 Å². The largest absolute Gasteiger partial charge is 0.363 e. The van der Waals surface area contributed by atoms with E-state index in [0.717, 1.165) is 4.73 Å². The van der Waals surface area contributed by atoms with Gasteiger partial charge in [-0.15, -0.1) is 16.3 Å². The first kappa shape index (κ1) is 14.3. The fourth-order valence-electron chi connectivity index (χ4n) is 2.05. The number of benzene rings is 2. The molecule has 110 valence electrons. The van der Waals surface area contributed by atoms with Gasteiger partial charge in [0.1, 0.15) is 0 Å². The molecule has 0 fully saturated rings. The molecule has 5 nitrogen and oxygen atoms in total. The maximum atomic E-state index is 12.5. The minimum atomic E-state index is -0.647. The van der Waals surface area contributed by atoms with Crippen molar-refractivity contribution in [2.24, 2.45) is 0 Å². The molecule has 0 saturated heterocycles. The summed E-state index contributed by atoms with van der Waals surface area (Å²) in [5.74, 6) is -0.525. The van der Waals surface area contributed by atoms with Crippen molar-refractivity contribution in [2.75, 3.05) is 0 Å². The molecule has 0 radical (unpaired) electrons. The number of halogens is 1. The van der Waals surface area contributed by atoms with Crippen LogP contribution in [0.1, 0.15) is 16.2 Å². The highest BCUT2D eigenvalue weighted by molar-refractivity contribution is 6.16. The van der Waals surface area contributed by atoms with Crippen molar-refractivity contribution in [1.82, 2.24) is 9.71 Å². The summed E-state index contributed by atoms with van der Waals surface area (Å²) >= 11 is 5.82. The molecule has 1 aromatic heterocycles. The van der Waals surface area contributed by atoms with E-state index in [1.54, 1.807) is 54.6 Å². The summed E-state index contributed by atoms with van der Waals surface area (Å²) in [7, 11) is 0. The molecule has 3 aromatic rings. The second-order valence-corrected chi connectivity index (χ2v) is 4.79. The van der Waals surface area contributed by atoms with Gasteiger partial charge in [-0.2, -0.15) is 0 Å². The topological polar surface area (TPSA) is 61.2 Å². The zero-order valence-corrected chi connectivity index (χ0v) is 12.2. The van der Waals surface area contributed by atoms with Crippen LogP contribution in [-0.4, -0.2) is 15.7 Å². The molecule has 0 N–H and O–H groups in total. The van der Waals surface area contributed by atoms with Gasteiger partial charge in [-0.25, -0.2) is 9.78 Å². The molecule has 0 aliphatic carbocycles. The van der Waals surface area contributed by atoms with E-state index in [-0.39, 0.29) is 11.7 Å². The third-order valence-electron chi connectivity index (χ3n) is 3.11. The van der Waals surface area contributed by atoms with Crippen molar-refractivity contribution in [1.29, 1.82) is 0 Å². The van der Waals surface area contributed by atoms with Crippen LogP contribution >= 0.6 is 11.6 Å². The predicted octanol–water partition coefficient (Wildman–Crippen LogP) is 2.40. The second-order valence-electron chi connectivity index (χ2n) is 4.52. The number of carbonyl (C=O) groups excluding carboxylic acids is 1. The molecule has 6 heteroatoms. The van der Waals surface area contributed by atoms with Gasteiger partial charge in [0.05, 0.1) is 22.3 Å². The minimum absolute atomic E-state index is 0.0534. The molecular formula is C16H11ClN2O3. The first-order valence-electron chi connectivity index (χ1n) is 6.55. The van der Waals surface area contributed by atoms with Crippen LogP contribution in [0.4, 0.5) is 0 Å². The van der Waals surface area contributed by atoms with Gasteiger partial charge in [-0.1, -0.05) is 30.3 Å². The van der Waals surface area contributed by atoms with Crippen molar-refractivity contribution in [3.8, 4) is 0 Å². The first-order chi connectivity index (χ1) is 10.7. The lowest BCUT2D eigenvalue weighted by molar-refractivity contribution is 0.0427. The Morgan fingerprint density at radius 1 is 1.09 bits per heavy atom. The Labute approximate surface area is 130 Å². The number of hydrogen-bond donors (Lipinski definition) is 0. The average molecular weight is 315 g/mol. The zero-order chi connectivity index (χ0) is 15.5. The SMILES string of the molecule is O=C(On1c(CCl)nc2ccccc2c1=O)c1ccccc1. The van der Waals surface area contributed by atoms with Gasteiger partial charge in [-0.3, -0.25) is 4.79 Å². The fraction of sp³-hybridized carbons (Fsp3) is 0.0625. The number of aromatic nitrogens is 2. The van der Waals surface area contributed by atoms with Crippen molar-refractivity contribution in [3.05, 3.63) is 76.3 Å². The van der Waals surface area contributed by atoms with Crippen LogP contribution in [0.2, 0.25) is 0 Å². The van der Waals surface area contributed by atoms with Crippen LogP contribution < -0.4 is 10.4 Å². The van der Waals surface area contributed by atoms with E-state index in [2.05, 4.69) is 4.98 Å². The maximum absolute atomic E-state index is 12.5. The summed E-state index contributed by atoms with van der Waals surface area (Å²) in [6.07, 6.45) is 0. The van der Waals surface area contributed by atoms with Gasteiger partial charge < -0.3 is 4.84 Å². The predicted molar refractivity (Wildman–Crippen MR) is 82.9 cm³/mol. The monoisotopic (exact) mass is 314 g/mol. The van der Waals surface area contributed by atoms with Crippen LogP contribution in [0.15, 0.2) is 59.4 Å². The Hall–Kier alpha value is -2.66. The number of alkyl halides is 1. The van der Waals surface area contributed by atoms with Crippen LogP contribution in [0.25, 0.3) is 10.9 Å². The van der Waals surface area contributed by atoms with Crippen LogP contribution in [0.5, 0.6) is 0 Å². The van der Waals surface area contributed by atoms with Crippen LogP contribution in [-0.2, 0) is 5.88 Å². The number of para-hydroxylation sites is 1. The van der Waals surface area contributed by atoms with Crippen molar-refractivity contribution >= 4 is 28.5 Å². The van der Waals surface area contributed by atoms with E-state index in [0.29, 0.717) is 16.5 Å². The molecule has 0 atom stereocenters. The summed E-state index contributed by atoms with van der Waals surface area (Å²) in [6, 6.07) is 15.2. The number of hydrogen-bond acceptors (Lipinski definition) is 4. The number of nitrogens with zero attached hydrogens (tertiary/aromatic N) is 2. The summed E-state index contributed by atoms with van der Waals surface area (Å²) in [5.41, 5.74) is 0.378. The Balaban J connectivity index is 2.08. The highest BCUT2D eigenvalue weighted by atomic mass is 35.5. The number of carbonyl (C=O) groups is 1. The Morgan fingerprint density at radius 2 is 1.77 bits per heavy atom. The van der Waals surface area contributed by atoms with E-state index >= 15 is 0 Å². The van der Waals surface area contributed by atoms with Gasteiger partial charge in [0.2, 0.25) is 0 Å². The molecule has 3 rings (SSSR count). The molecule has 22 heavy (non-hydrogen) atoms. The maximum Gasteiger partial charge on any atom is 0.363 e. The van der Waals surface area contributed by atoms with Crippen LogP contribution in [0, 0.1) is 0 Å². The number of rotatable bonds is 3. The van der Waals surface area contributed by atoms with E-state index < -0.39 is 11.5 Å². The van der Waals surface area contributed by atoms with Gasteiger partial charge >= 0.3 is 5.97 Å². The summed E-state index contributed by atoms with van der Waals surface area (Å²) in [4.78, 5) is 34.0. The lowest BCUT2D eigenvalue weighted by Crippen LogP contribution is -2.34. The van der Waals surface area contributed by atoms with Crippen LogP contribution in [0.3, 0.4) is 0 Å². The fourth-order valence-corrected chi connectivity index (χ4v) is 2.22. The molecule has 0 amide bonds. The molecule has 1 heterocycles. The molecule has 0 bridgehead atoms. The molecule has 0 saturated carbocycles. The van der Waals surface area contributed by atoms with Gasteiger partial charge in [0, 0.05) is 0 Å². The molecular weight excluding hydrogens is 304 g/mol. The van der Waals surface area contributed by atoms with Crippen molar-refractivity contribution in [3.63, 3.8) is 0 Å². The van der Waals surface area contributed by atoms with E-state index in [1.165, 1.54) is 0 Å². The third kappa shape index (κ3) is 2.58. The Kier molecular flexibility index (Phi) is 3.89. The minimum Gasteiger partial charge on any atom is -0.326 e. The second kappa shape index (κ2) is 5.99. The van der Waals surface area contributed by atoms with Gasteiger partial charge in [0.15, 0.2) is 5.82 Å². The molecule has 0 unspecified atom stereocenters. The average Bonchev–Trinajstić information content (AvgIpc) is 2.58. The van der Waals surface area contributed by atoms with Gasteiger partial charge in [0.25, 0.3) is 5.56 Å². The van der Waals surface area contributed by atoms with E-state index in [4.69, 9.17) is 16.4 Å². The molecule has 0 aliphatic rings. The van der Waals surface area contributed by atoms with Crippen molar-refractivity contribution in [2.45, 2.75) is 5.88 Å². The third-order valence-corrected chi connectivity index (χ3v) is 3.35. The van der Waals surface area contributed by atoms with E-state index in [1.807, 2.05) is 0 Å². The highest BCUT2D eigenvalue weighted by Crippen LogP contribution is 2.09. The quantitative estimate of drug-likeness (QED) is 0.697. The first-order valence-corrected chi connectivity index (χ1v) is 7.08. The standard InChI is InChI=1S/C16H11ClN2O3/c17-10-14-18-13-9-5-4-8-12(13)15(20)19(14)22-16(21)11-6-2-1-3-7-11/h1-9H,10H2. The van der Waals surface area contributed by atoms with Gasteiger partial charge in [-0.05, 0) is 24.3 Å². The smallest absolute Gasteiger partial charge is 0.326 e. The highest BCUT2D eigenvalue weighted by Gasteiger charge is 2.15. The number of fused-ring (bicyclic) bond motifs is 1. The lowest BCUT2D eigenvalue weighted by Gasteiger charge is -2.11. The Morgan fingerprint density at radius 3 is 2.50 bits per heavy atom. The molecule has 0 aliphatic heterocycles. The summed E-state index contributed by atoms with van der Waals surface area (Å²) in [5, 5.41) is 0.359. The zero-order valence-electron chi connectivity index (χ0n) is 11.4. The Bertz CT molecular complexity index is 891. The molecule has 0 spiro atoms. The normalized spacial score (nSPS) is 10.6. The van der Waals surface area contributed by atoms with E-state index in [9.17, 15) is 9.59 Å². The molecule has 2 aromatic carbocycles. The summed E-state index contributed by atoms with van der Waals surface area (Å²) < 4.78 is 0.852.